The Balaban J connectivity index is 1.97. The fourth-order valence-electron chi connectivity index (χ4n) is 3.12. The third kappa shape index (κ3) is 1.69. The first-order valence-corrected chi connectivity index (χ1v) is 6.98. The lowest BCUT2D eigenvalue weighted by atomic mass is 9.93. The highest BCUT2D eigenvalue weighted by atomic mass is 16.5. The van der Waals surface area contributed by atoms with E-state index >= 15 is 0 Å². The van der Waals surface area contributed by atoms with Gasteiger partial charge in [0.1, 0.15) is 0 Å². The van der Waals surface area contributed by atoms with E-state index in [1.165, 1.54) is 0 Å². The largest absolute Gasteiger partial charge is 0.289 e. The van der Waals surface area contributed by atoms with Gasteiger partial charge in [0.15, 0.2) is 0 Å². The normalized spacial score (nSPS) is 15.2. The summed E-state index contributed by atoms with van der Waals surface area (Å²) in [6, 6.07) is 17.4. The van der Waals surface area contributed by atoms with Crippen LogP contribution in [-0.2, 0) is 4.79 Å². The molecule has 1 aromatic heterocycles. The Morgan fingerprint density at radius 3 is 2.59 bits per heavy atom. The molecule has 0 radical (unpaired) electrons. The van der Waals surface area contributed by atoms with E-state index in [1.54, 1.807) is 5.48 Å². The van der Waals surface area contributed by atoms with Crippen LogP contribution in [-0.4, -0.2) is 21.3 Å². The summed E-state index contributed by atoms with van der Waals surface area (Å²) in [7, 11) is 0. The summed E-state index contributed by atoms with van der Waals surface area (Å²) >= 11 is 0. The van der Waals surface area contributed by atoms with Crippen LogP contribution < -0.4 is 5.48 Å². The second-order valence-electron chi connectivity index (χ2n) is 5.22. The second kappa shape index (κ2) is 4.82. The molecule has 5 heteroatoms. The molecule has 0 unspecified atom stereocenters. The Bertz CT molecular complexity index is 855. The minimum Gasteiger partial charge on any atom is -0.289 e. The van der Waals surface area contributed by atoms with Gasteiger partial charge in [0.25, 0.3) is 5.91 Å². The summed E-state index contributed by atoms with van der Waals surface area (Å²) in [6.45, 7) is 0. The summed E-state index contributed by atoms with van der Waals surface area (Å²) < 4.78 is 0. The number of amides is 1. The van der Waals surface area contributed by atoms with Crippen molar-refractivity contribution in [3.63, 3.8) is 0 Å². The van der Waals surface area contributed by atoms with Crippen molar-refractivity contribution >= 4 is 5.91 Å². The molecule has 1 atom stereocenters. The number of benzene rings is 2. The molecule has 2 aromatic carbocycles. The number of hydroxylamine groups is 1. The molecule has 0 saturated heterocycles. The van der Waals surface area contributed by atoms with Gasteiger partial charge in [0.05, 0.1) is 17.3 Å². The number of carbonyl (C=O) groups is 1. The van der Waals surface area contributed by atoms with E-state index in [1.807, 2.05) is 54.6 Å². The van der Waals surface area contributed by atoms with Gasteiger partial charge in [-0.15, -0.1) is 0 Å². The number of aromatic amines is 1. The number of nitrogens with one attached hydrogen (secondary N) is 2. The van der Waals surface area contributed by atoms with Gasteiger partial charge in [0, 0.05) is 16.7 Å². The van der Waals surface area contributed by atoms with Crippen LogP contribution in [0.25, 0.3) is 22.5 Å². The number of aromatic nitrogens is 2. The molecule has 0 spiro atoms. The minimum atomic E-state index is -0.565. The van der Waals surface area contributed by atoms with Crippen molar-refractivity contribution in [2.24, 2.45) is 0 Å². The summed E-state index contributed by atoms with van der Waals surface area (Å²) in [4.78, 5) is 12.2. The topological polar surface area (TPSA) is 78.0 Å². The van der Waals surface area contributed by atoms with Crippen LogP contribution in [0, 0.1) is 0 Å². The molecule has 3 N–H and O–H groups in total. The maximum atomic E-state index is 12.2. The van der Waals surface area contributed by atoms with Gasteiger partial charge >= 0.3 is 0 Å². The molecule has 1 aliphatic rings. The third-order valence-electron chi connectivity index (χ3n) is 4.05. The lowest BCUT2D eigenvalue weighted by molar-refractivity contribution is -0.129. The van der Waals surface area contributed by atoms with Crippen molar-refractivity contribution in [3.05, 3.63) is 65.7 Å². The molecular formula is C17H13N3O2. The monoisotopic (exact) mass is 291 g/mol. The first-order valence-electron chi connectivity index (χ1n) is 6.98. The molecule has 0 bridgehead atoms. The highest BCUT2D eigenvalue weighted by Gasteiger charge is 2.38. The first kappa shape index (κ1) is 12.8. The van der Waals surface area contributed by atoms with Crippen LogP contribution in [0.15, 0.2) is 54.6 Å². The summed E-state index contributed by atoms with van der Waals surface area (Å²) in [5.41, 5.74) is 6.90. The summed E-state index contributed by atoms with van der Waals surface area (Å²) in [5.74, 6) is -1.02. The van der Waals surface area contributed by atoms with Gasteiger partial charge in [-0.25, -0.2) is 5.48 Å². The predicted molar refractivity (Wildman–Crippen MR) is 81.2 cm³/mol. The van der Waals surface area contributed by atoms with Crippen molar-refractivity contribution in [3.8, 4) is 22.5 Å². The van der Waals surface area contributed by atoms with Crippen molar-refractivity contribution in [1.29, 1.82) is 0 Å². The zero-order valence-corrected chi connectivity index (χ0v) is 11.6. The Hall–Kier alpha value is -2.92. The lowest BCUT2D eigenvalue weighted by Crippen LogP contribution is -2.26. The van der Waals surface area contributed by atoms with E-state index < -0.39 is 11.8 Å². The number of nitrogens with zero attached hydrogens (tertiary/aromatic N) is 1. The number of carbonyl (C=O) groups excluding carboxylic acids is 1. The van der Waals surface area contributed by atoms with E-state index in [-0.39, 0.29) is 0 Å². The van der Waals surface area contributed by atoms with Crippen LogP contribution >= 0.6 is 0 Å². The summed E-state index contributed by atoms with van der Waals surface area (Å²) in [5, 5.41) is 16.5. The number of fused-ring (bicyclic) bond motifs is 3. The molecule has 3 aromatic rings. The lowest BCUT2D eigenvalue weighted by Gasteiger charge is -2.11. The van der Waals surface area contributed by atoms with Crippen molar-refractivity contribution in [2.45, 2.75) is 5.92 Å². The number of rotatable bonds is 2. The molecule has 5 nitrogen and oxygen atoms in total. The van der Waals surface area contributed by atoms with Gasteiger partial charge in [-0.2, -0.15) is 5.10 Å². The second-order valence-corrected chi connectivity index (χ2v) is 5.22. The van der Waals surface area contributed by atoms with Gasteiger partial charge in [-0.05, 0) is 5.56 Å². The average Bonchev–Trinajstić information content (AvgIpc) is 3.13. The first-order chi connectivity index (χ1) is 10.8. The standard InChI is InChI=1S/C17H13N3O2/c21-17(20-22)13-11-8-4-5-9-12(11)16-14(13)15(18-19-16)10-6-2-1-3-7-10/h1-9,13,22H,(H,18,19)(H,20,21)/t13-/m0/s1. The van der Waals surface area contributed by atoms with Crippen LogP contribution in [0.3, 0.4) is 0 Å². The van der Waals surface area contributed by atoms with E-state index in [2.05, 4.69) is 10.2 Å². The fourth-order valence-corrected chi connectivity index (χ4v) is 3.12. The Morgan fingerprint density at radius 1 is 1.09 bits per heavy atom. The molecule has 1 heterocycles. The van der Waals surface area contributed by atoms with E-state index in [4.69, 9.17) is 5.21 Å². The van der Waals surface area contributed by atoms with Crippen LogP contribution in [0.4, 0.5) is 0 Å². The zero-order valence-electron chi connectivity index (χ0n) is 11.6. The van der Waals surface area contributed by atoms with Crippen LogP contribution in [0.5, 0.6) is 0 Å². The molecular weight excluding hydrogens is 278 g/mol. The van der Waals surface area contributed by atoms with Crippen molar-refractivity contribution in [2.75, 3.05) is 0 Å². The molecule has 0 fully saturated rings. The van der Waals surface area contributed by atoms with Gasteiger partial charge in [-0.3, -0.25) is 15.1 Å². The smallest absolute Gasteiger partial charge is 0.255 e. The third-order valence-corrected chi connectivity index (χ3v) is 4.05. The Kier molecular flexibility index (Phi) is 2.80. The summed E-state index contributed by atoms with van der Waals surface area (Å²) in [6.07, 6.45) is 0. The van der Waals surface area contributed by atoms with E-state index in [0.717, 1.165) is 33.6 Å². The van der Waals surface area contributed by atoms with Crippen molar-refractivity contribution < 1.29 is 10.0 Å². The minimum absolute atomic E-state index is 0.454. The maximum Gasteiger partial charge on any atom is 0.255 e. The Labute approximate surface area is 126 Å². The van der Waals surface area contributed by atoms with Gasteiger partial charge in [-0.1, -0.05) is 54.6 Å². The predicted octanol–water partition coefficient (Wildman–Crippen LogP) is 2.69. The molecule has 4 rings (SSSR count). The molecule has 0 aliphatic heterocycles. The van der Waals surface area contributed by atoms with Crippen molar-refractivity contribution in [1.82, 2.24) is 15.7 Å². The highest BCUT2D eigenvalue weighted by Crippen LogP contribution is 2.47. The SMILES string of the molecule is O=C(NO)[C@H]1c2ccccc2-c2[nH]nc(-c3ccccc3)c21. The Morgan fingerprint density at radius 2 is 1.82 bits per heavy atom. The van der Waals surface area contributed by atoms with Crippen LogP contribution in [0.2, 0.25) is 0 Å². The quantitative estimate of drug-likeness (QED) is 0.502. The number of hydrogen-bond acceptors (Lipinski definition) is 3. The van der Waals surface area contributed by atoms with Gasteiger partial charge in [0.2, 0.25) is 0 Å². The highest BCUT2D eigenvalue weighted by molar-refractivity contribution is 5.97. The number of hydrogen-bond donors (Lipinski definition) is 3. The molecule has 108 valence electrons. The maximum absolute atomic E-state index is 12.2. The fraction of sp³-hybridized carbons (Fsp3) is 0.0588. The van der Waals surface area contributed by atoms with E-state index in [0.29, 0.717) is 0 Å². The molecule has 0 saturated carbocycles. The zero-order chi connectivity index (χ0) is 15.1. The molecule has 1 amide bonds. The molecule has 1 aliphatic carbocycles. The van der Waals surface area contributed by atoms with Gasteiger partial charge < -0.3 is 0 Å². The number of H-pyrrole nitrogens is 1. The van der Waals surface area contributed by atoms with E-state index in [9.17, 15) is 4.79 Å². The van der Waals surface area contributed by atoms with Crippen LogP contribution in [0.1, 0.15) is 17.0 Å². The molecule has 22 heavy (non-hydrogen) atoms. The average molecular weight is 291 g/mol.